The number of halogens is 2. The normalized spacial score (nSPS) is 11.9. The van der Waals surface area contributed by atoms with Gasteiger partial charge in [0.1, 0.15) is 18.2 Å². The zero-order valence-corrected chi connectivity index (χ0v) is 11.3. The highest BCUT2D eigenvalue weighted by molar-refractivity contribution is 6.31. The molecule has 96 valence electrons. The van der Waals surface area contributed by atoms with Crippen LogP contribution in [0.4, 0.5) is 10.1 Å². The first-order valence-electron chi connectivity index (χ1n) is 5.29. The fourth-order valence-electron chi connectivity index (χ4n) is 1.05. The van der Waals surface area contributed by atoms with E-state index in [1.807, 2.05) is 32.8 Å². The second kappa shape index (κ2) is 5.10. The molecule has 3 nitrogen and oxygen atoms in total. The minimum absolute atomic E-state index is 0.00159. The molecule has 0 radical (unpaired) electrons. The van der Waals surface area contributed by atoms with Gasteiger partial charge in [-0.25, -0.2) is 4.39 Å². The Morgan fingerprint density at radius 1 is 1.41 bits per heavy atom. The van der Waals surface area contributed by atoms with Gasteiger partial charge in [0.05, 0.1) is 10.7 Å². The van der Waals surface area contributed by atoms with E-state index in [0.717, 1.165) is 0 Å². The number of hydrogen-bond acceptors (Lipinski definition) is 3. The number of ether oxygens (including phenoxy) is 1. The molecule has 0 bridgehead atoms. The van der Waals surface area contributed by atoms with Crippen LogP contribution in [0.15, 0.2) is 12.1 Å². The third-order valence-corrected chi connectivity index (χ3v) is 3.13. The molecule has 5 heteroatoms. The van der Waals surface area contributed by atoms with Gasteiger partial charge in [0.25, 0.3) is 0 Å². The molecule has 17 heavy (non-hydrogen) atoms. The molecular formula is C12H18ClFN2O. The van der Waals surface area contributed by atoms with E-state index in [1.165, 1.54) is 12.1 Å². The molecule has 0 aromatic heterocycles. The van der Waals surface area contributed by atoms with Crippen molar-refractivity contribution in [3.05, 3.63) is 23.0 Å². The Balaban J connectivity index is 2.80. The lowest BCUT2D eigenvalue weighted by molar-refractivity contribution is 0.114. The van der Waals surface area contributed by atoms with Crippen molar-refractivity contribution in [2.75, 3.05) is 26.4 Å². The van der Waals surface area contributed by atoms with Crippen LogP contribution in [0.25, 0.3) is 0 Å². The van der Waals surface area contributed by atoms with E-state index in [2.05, 4.69) is 0 Å². The van der Waals surface area contributed by atoms with Crippen molar-refractivity contribution in [1.29, 1.82) is 0 Å². The number of nitrogens with zero attached hydrogens (tertiary/aromatic N) is 1. The summed E-state index contributed by atoms with van der Waals surface area (Å²) in [5.74, 6) is -0.208. The van der Waals surface area contributed by atoms with Crippen molar-refractivity contribution in [1.82, 2.24) is 4.90 Å². The van der Waals surface area contributed by atoms with Gasteiger partial charge in [-0.05, 0) is 34.0 Å². The standard InChI is InChI=1S/C12H18ClFN2O/c1-12(2,16(3)4)7-17-11-6-9(14)8(13)5-10(11)15/h5-6H,7,15H2,1-4H3. The van der Waals surface area contributed by atoms with E-state index < -0.39 is 5.82 Å². The van der Waals surface area contributed by atoms with Crippen LogP contribution in [0.1, 0.15) is 13.8 Å². The van der Waals surface area contributed by atoms with Crippen LogP contribution in [0.2, 0.25) is 5.02 Å². The number of hydrogen-bond donors (Lipinski definition) is 1. The fraction of sp³-hybridized carbons (Fsp3) is 0.500. The SMILES string of the molecule is CN(C)C(C)(C)COc1cc(F)c(Cl)cc1N. The van der Waals surface area contributed by atoms with E-state index in [0.29, 0.717) is 18.0 Å². The number of likely N-dealkylation sites (N-methyl/N-ethyl adjacent to an activating group) is 1. The summed E-state index contributed by atoms with van der Waals surface area (Å²) in [7, 11) is 3.91. The van der Waals surface area contributed by atoms with Crippen LogP contribution < -0.4 is 10.5 Å². The second-order valence-electron chi connectivity index (χ2n) is 4.80. The molecule has 0 heterocycles. The third kappa shape index (κ3) is 3.48. The molecule has 0 aliphatic carbocycles. The van der Waals surface area contributed by atoms with Crippen molar-refractivity contribution in [2.24, 2.45) is 0 Å². The minimum atomic E-state index is -0.529. The lowest BCUT2D eigenvalue weighted by atomic mass is 10.1. The van der Waals surface area contributed by atoms with E-state index in [4.69, 9.17) is 22.1 Å². The Kier molecular flexibility index (Phi) is 4.22. The third-order valence-electron chi connectivity index (χ3n) is 2.84. The van der Waals surface area contributed by atoms with Crippen LogP contribution in [0.3, 0.4) is 0 Å². The average Bonchev–Trinajstić information content (AvgIpc) is 2.21. The Labute approximate surface area is 106 Å². The van der Waals surface area contributed by atoms with Crippen molar-refractivity contribution in [3.8, 4) is 5.75 Å². The number of nitrogens with two attached hydrogens (primary N) is 1. The number of nitrogen functional groups attached to an aromatic ring is 1. The molecule has 0 aliphatic rings. The largest absolute Gasteiger partial charge is 0.489 e. The van der Waals surface area contributed by atoms with Crippen LogP contribution in [-0.4, -0.2) is 31.1 Å². The molecule has 0 saturated heterocycles. The van der Waals surface area contributed by atoms with Gasteiger partial charge in [0, 0.05) is 11.6 Å². The first kappa shape index (κ1) is 14.1. The molecule has 2 N–H and O–H groups in total. The summed E-state index contributed by atoms with van der Waals surface area (Å²) in [5, 5.41) is 0.00159. The molecule has 0 saturated carbocycles. The zero-order chi connectivity index (χ0) is 13.2. The summed E-state index contributed by atoms with van der Waals surface area (Å²) in [6.45, 7) is 4.45. The molecule has 1 aromatic rings. The van der Waals surface area contributed by atoms with Crippen LogP contribution >= 0.6 is 11.6 Å². The highest BCUT2D eigenvalue weighted by Gasteiger charge is 2.22. The van der Waals surface area contributed by atoms with Gasteiger partial charge in [0.15, 0.2) is 0 Å². The molecule has 0 fully saturated rings. The van der Waals surface area contributed by atoms with Gasteiger partial charge in [0.2, 0.25) is 0 Å². The molecule has 0 atom stereocenters. The second-order valence-corrected chi connectivity index (χ2v) is 5.21. The van der Waals surface area contributed by atoms with Gasteiger partial charge >= 0.3 is 0 Å². The first-order chi connectivity index (χ1) is 7.74. The van der Waals surface area contributed by atoms with Gasteiger partial charge in [-0.3, -0.25) is 0 Å². The van der Waals surface area contributed by atoms with Gasteiger partial charge in [-0.2, -0.15) is 0 Å². The minimum Gasteiger partial charge on any atom is -0.489 e. The average molecular weight is 261 g/mol. The van der Waals surface area contributed by atoms with Crippen molar-refractivity contribution in [3.63, 3.8) is 0 Å². The predicted molar refractivity (Wildman–Crippen MR) is 69.1 cm³/mol. The molecule has 0 amide bonds. The Morgan fingerprint density at radius 2 is 2.00 bits per heavy atom. The summed E-state index contributed by atoms with van der Waals surface area (Å²) >= 11 is 5.61. The van der Waals surface area contributed by atoms with Crippen LogP contribution in [0.5, 0.6) is 5.75 Å². The maximum atomic E-state index is 13.3. The molecule has 1 rings (SSSR count). The number of anilines is 1. The number of benzene rings is 1. The predicted octanol–water partition coefficient (Wildman–Crippen LogP) is 2.78. The quantitative estimate of drug-likeness (QED) is 0.846. The number of rotatable bonds is 4. The van der Waals surface area contributed by atoms with E-state index in [1.54, 1.807) is 0 Å². The highest BCUT2D eigenvalue weighted by Crippen LogP contribution is 2.28. The monoisotopic (exact) mass is 260 g/mol. The van der Waals surface area contributed by atoms with Gasteiger partial charge < -0.3 is 15.4 Å². The van der Waals surface area contributed by atoms with Gasteiger partial charge in [-0.15, -0.1) is 0 Å². The molecule has 0 unspecified atom stereocenters. The zero-order valence-electron chi connectivity index (χ0n) is 10.6. The lowest BCUT2D eigenvalue weighted by Crippen LogP contribution is -2.43. The smallest absolute Gasteiger partial charge is 0.145 e. The van der Waals surface area contributed by atoms with Crippen molar-refractivity contribution >= 4 is 17.3 Å². The van der Waals surface area contributed by atoms with Crippen LogP contribution in [0, 0.1) is 5.82 Å². The van der Waals surface area contributed by atoms with Gasteiger partial charge in [-0.1, -0.05) is 11.6 Å². The molecule has 0 aliphatic heterocycles. The maximum absolute atomic E-state index is 13.3. The fourth-order valence-corrected chi connectivity index (χ4v) is 1.22. The molecular weight excluding hydrogens is 243 g/mol. The maximum Gasteiger partial charge on any atom is 0.145 e. The Morgan fingerprint density at radius 3 is 2.53 bits per heavy atom. The van der Waals surface area contributed by atoms with Crippen molar-refractivity contribution in [2.45, 2.75) is 19.4 Å². The molecule has 0 spiro atoms. The summed E-state index contributed by atoms with van der Waals surface area (Å²) < 4.78 is 18.8. The summed E-state index contributed by atoms with van der Waals surface area (Å²) in [5.41, 5.74) is 5.88. The summed E-state index contributed by atoms with van der Waals surface area (Å²) in [6, 6.07) is 2.57. The van der Waals surface area contributed by atoms with Crippen molar-refractivity contribution < 1.29 is 9.13 Å². The van der Waals surface area contributed by atoms with E-state index in [9.17, 15) is 4.39 Å². The van der Waals surface area contributed by atoms with Crippen LogP contribution in [-0.2, 0) is 0 Å². The highest BCUT2D eigenvalue weighted by atomic mass is 35.5. The van der Waals surface area contributed by atoms with E-state index in [-0.39, 0.29) is 10.6 Å². The first-order valence-corrected chi connectivity index (χ1v) is 5.66. The molecule has 1 aromatic carbocycles. The summed E-state index contributed by atoms with van der Waals surface area (Å²) in [6.07, 6.45) is 0. The Hall–Kier alpha value is -1.00. The topological polar surface area (TPSA) is 38.5 Å². The lowest BCUT2D eigenvalue weighted by Gasteiger charge is -2.32. The Bertz CT molecular complexity index is 408. The summed E-state index contributed by atoms with van der Waals surface area (Å²) in [4.78, 5) is 2.02. The van der Waals surface area contributed by atoms with E-state index >= 15 is 0 Å².